The lowest BCUT2D eigenvalue weighted by Gasteiger charge is -2.33. The monoisotopic (exact) mass is 359 g/mol. The highest BCUT2D eigenvalue weighted by Gasteiger charge is 2.25. The fraction of sp³-hybridized carbons (Fsp3) is 0.381. The van der Waals surface area contributed by atoms with Crippen LogP contribution in [0.5, 0.6) is 5.75 Å². The van der Waals surface area contributed by atoms with E-state index in [0.29, 0.717) is 31.0 Å². The second kappa shape index (κ2) is 7.85. The van der Waals surface area contributed by atoms with Crippen molar-refractivity contribution < 1.29 is 18.7 Å². The van der Waals surface area contributed by atoms with Crippen molar-refractivity contribution in [3.8, 4) is 5.75 Å². The summed E-state index contributed by atoms with van der Waals surface area (Å²) < 4.78 is 26.3. The topological polar surface area (TPSA) is 40.5 Å². The maximum Gasteiger partial charge on any atom is 0.257 e. The van der Waals surface area contributed by atoms with Crippen molar-refractivity contribution in [2.75, 3.05) is 13.1 Å². The Bertz CT molecular complexity index is 807. The number of rotatable bonds is 4. The molecule has 1 aliphatic rings. The molecule has 138 valence electrons. The summed E-state index contributed by atoms with van der Waals surface area (Å²) in [6.07, 6.45) is 3.38. The van der Waals surface area contributed by atoms with E-state index in [9.17, 15) is 18.7 Å². The first kappa shape index (κ1) is 18.4. The molecule has 0 saturated carbocycles. The van der Waals surface area contributed by atoms with Gasteiger partial charge in [0.15, 0.2) is 11.6 Å². The number of halogens is 2. The Hall–Kier alpha value is -2.43. The molecular formula is C21H23F2NO2. The second-order valence-electron chi connectivity index (χ2n) is 7.07. The van der Waals surface area contributed by atoms with E-state index < -0.39 is 11.6 Å². The molecule has 0 unspecified atom stereocenters. The molecule has 26 heavy (non-hydrogen) atoms. The van der Waals surface area contributed by atoms with Crippen LogP contribution in [0.25, 0.3) is 0 Å². The zero-order valence-electron chi connectivity index (χ0n) is 14.8. The van der Waals surface area contributed by atoms with Gasteiger partial charge in [-0.2, -0.15) is 0 Å². The number of hydrogen-bond acceptors (Lipinski definition) is 2. The summed E-state index contributed by atoms with van der Waals surface area (Å²) >= 11 is 0. The molecule has 0 aromatic heterocycles. The molecule has 1 aliphatic heterocycles. The molecule has 1 atom stereocenters. The molecule has 1 fully saturated rings. The molecule has 1 amide bonds. The molecule has 2 aromatic rings. The standard InChI is InChI=1S/C21H23F2NO2/c1-14-4-8-17(20(25)11-14)21(26)24-10-2-3-16(13-24)6-5-15-7-9-18(22)19(23)12-15/h4,7-9,11-12,16,25H,2-3,5-6,10,13H2,1H3/t16-/m1/s1. The van der Waals surface area contributed by atoms with Crippen LogP contribution >= 0.6 is 0 Å². The molecule has 2 aromatic carbocycles. The fourth-order valence-corrected chi connectivity index (χ4v) is 3.54. The Morgan fingerprint density at radius 2 is 2.00 bits per heavy atom. The van der Waals surface area contributed by atoms with Crippen LogP contribution in [-0.4, -0.2) is 29.0 Å². The third-order valence-corrected chi connectivity index (χ3v) is 5.02. The predicted molar refractivity (Wildman–Crippen MR) is 96.2 cm³/mol. The highest BCUT2D eigenvalue weighted by Crippen LogP contribution is 2.26. The summed E-state index contributed by atoms with van der Waals surface area (Å²) in [7, 11) is 0. The van der Waals surface area contributed by atoms with E-state index in [1.807, 2.05) is 13.0 Å². The van der Waals surface area contributed by atoms with E-state index in [0.717, 1.165) is 36.5 Å². The minimum absolute atomic E-state index is 0.0129. The summed E-state index contributed by atoms with van der Waals surface area (Å²) in [6, 6.07) is 9.08. The van der Waals surface area contributed by atoms with Gasteiger partial charge in [0.1, 0.15) is 5.75 Å². The normalized spacial score (nSPS) is 17.3. The number of phenols is 1. The number of carbonyl (C=O) groups excluding carboxylic acids is 1. The number of aromatic hydroxyl groups is 1. The average Bonchev–Trinajstić information content (AvgIpc) is 2.62. The van der Waals surface area contributed by atoms with Crippen molar-refractivity contribution >= 4 is 5.91 Å². The number of nitrogens with zero attached hydrogens (tertiary/aromatic N) is 1. The van der Waals surface area contributed by atoms with Gasteiger partial charge in [0.05, 0.1) is 5.56 Å². The summed E-state index contributed by atoms with van der Waals surface area (Å²) in [5.41, 5.74) is 2.00. The van der Waals surface area contributed by atoms with Gasteiger partial charge >= 0.3 is 0 Å². The van der Waals surface area contributed by atoms with Gasteiger partial charge in [0, 0.05) is 13.1 Å². The van der Waals surface area contributed by atoms with Crippen LogP contribution in [0.3, 0.4) is 0 Å². The van der Waals surface area contributed by atoms with Gasteiger partial charge in [-0.15, -0.1) is 0 Å². The SMILES string of the molecule is Cc1ccc(C(=O)N2CCC[C@H](CCc3ccc(F)c(F)c3)C2)c(O)c1. The van der Waals surface area contributed by atoms with Crippen LogP contribution < -0.4 is 0 Å². The first-order valence-corrected chi connectivity index (χ1v) is 8.97. The van der Waals surface area contributed by atoms with Gasteiger partial charge in [0.2, 0.25) is 0 Å². The number of likely N-dealkylation sites (tertiary alicyclic amines) is 1. The van der Waals surface area contributed by atoms with E-state index in [-0.39, 0.29) is 11.7 Å². The number of hydrogen-bond donors (Lipinski definition) is 1. The molecule has 0 bridgehead atoms. The lowest BCUT2D eigenvalue weighted by atomic mass is 9.91. The number of carbonyl (C=O) groups is 1. The van der Waals surface area contributed by atoms with Crippen LogP contribution in [0, 0.1) is 24.5 Å². The zero-order valence-corrected chi connectivity index (χ0v) is 14.8. The van der Waals surface area contributed by atoms with Gasteiger partial charge in [-0.3, -0.25) is 4.79 Å². The summed E-state index contributed by atoms with van der Waals surface area (Å²) in [5, 5.41) is 10.0. The minimum Gasteiger partial charge on any atom is -0.507 e. The van der Waals surface area contributed by atoms with Crippen molar-refractivity contribution in [2.45, 2.75) is 32.6 Å². The zero-order chi connectivity index (χ0) is 18.7. The fourth-order valence-electron chi connectivity index (χ4n) is 3.54. The van der Waals surface area contributed by atoms with E-state index in [4.69, 9.17) is 0 Å². The van der Waals surface area contributed by atoms with Crippen LogP contribution in [0.15, 0.2) is 36.4 Å². The van der Waals surface area contributed by atoms with Gasteiger partial charge in [-0.1, -0.05) is 12.1 Å². The number of piperidine rings is 1. The summed E-state index contributed by atoms with van der Waals surface area (Å²) in [5.74, 6) is -1.48. The quantitative estimate of drug-likeness (QED) is 0.875. The Balaban J connectivity index is 1.61. The number of benzene rings is 2. The molecule has 5 heteroatoms. The highest BCUT2D eigenvalue weighted by atomic mass is 19.2. The van der Waals surface area contributed by atoms with Gasteiger partial charge in [0.25, 0.3) is 5.91 Å². The van der Waals surface area contributed by atoms with Crippen LogP contribution in [0.2, 0.25) is 0 Å². The smallest absolute Gasteiger partial charge is 0.257 e. The Kier molecular flexibility index (Phi) is 5.55. The average molecular weight is 359 g/mol. The highest BCUT2D eigenvalue weighted by molar-refractivity contribution is 5.97. The van der Waals surface area contributed by atoms with Crippen molar-refractivity contribution in [3.63, 3.8) is 0 Å². The molecule has 3 nitrogen and oxygen atoms in total. The minimum atomic E-state index is -0.832. The van der Waals surface area contributed by atoms with Crippen LogP contribution in [-0.2, 0) is 6.42 Å². The lowest BCUT2D eigenvalue weighted by Crippen LogP contribution is -2.40. The Morgan fingerprint density at radius 3 is 2.73 bits per heavy atom. The summed E-state index contributed by atoms with van der Waals surface area (Å²) in [6.45, 7) is 3.16. The maximum atomic E-state index is 13.3. The van der Waals surface area contributed by atoms with Gasteiger partial charge < -0.3 is 10.0 Å². The molecule has 1 heterocycles. The number of aryl methyl sites for hydroxylation is 2. The Labute approximate surface area is 152 Å². The summed E-state index contributed by atoms with van der Waals surface area (Å²) in [4.78, 5) is 14.5. The molecule has 3 rings (SSSR count). The third-order valence-electron chi connectivity index (χ3n) is 5.02. The van der Waals surface area contributed by atoms with Crippen molar-refractivity contribution in [3.05, 3.63) is 64.7 Å². The molecule has 0 radical (unpaired) electrons. The Morgan fingerprint density at radius 1 is 1.19 bits per heavy atom. The van der Waals surface area contributed by atoms with E-state index in [1.165, 1.54) is 6.07 Å². The maximum absolute atomic E-state index is 13.3. The van der Waals surface area contributed by atoms with Crippen LogP contribution in [0.1, 0.15) is 40.7 Å². The first-order chi connectivity index (χ1) is 12.4. The van der Waals surface area contributed by atoms with Gasteiger partial charge in [-0.05, 0) is 73.9 Å². The molecule has 0 spiro atoms. The molecule has 0 aliphatic carbocycles. The number of phenolic OH excluding ortho intramolecular Hbond substituents is 1. The van der Waals surface area contributed by atoms with Crippen molar-refractivity contribution in [1.82, 2.24) is 4.90 Å². The van der Waals surface area contributed by atoms with Crippen LogP contribution in [0.4, 0.5) is 8.78 Å². The third kappa shape index (κ3) is 4.21. The van der Waals surface area contributed by atoms with Crippen molar-refractivity contribution in [2.24, 2.45) is 5.92 Å². The largest absolute Gasteiger partial charge is 0.507 e. The van der Waals surface area contributed by atoms with Crippen molar-refractivity contribution in [1.29, 1.82) is 0 Å². The van der Waals surface area contributed by atoms with E-state index in [2.05, 4.69) is 0 Å². The molecule has 1 saturated heterocycles. The van der Waals surface area contributed by atoms with E-state index >= 15 is 0 Å². The molecular weight excluding hydrogens is 336 g/mol. The molecule has 1 N–H and O–H groups in total. The first-order valence-electron chi connectivity index (χ1n) is 8.97. The van der Waals surface area contributed by atoms with E-state index in [1.54, 1.807) is 23.1 Å². The lowest BCUT2D eigenvalue weighted by molar-refractivity contribution is 0.0665. The second-order valence-corrected chi connectivity index (χ2v) is 7.07. The van der Waals surface area contributed by atoms with Gasteiger partial charge in [-0.25, -0.2) is 8.78 Å². The predicted octanol–water partition coefficient (Wildman–Crippen LogP) is 4.46. The number of amides is 1.